The monoisotopic (exact) mass is 374 g/mol. The van der Waals surface area contributed by atoms with Crippen molar-refractivity contribution >= 4 is 23.3 Å². The number of anilines is 2. The van der Waals surface area contributed by atoms with Crippen LogP contribution in [0, 0.1) is 0 Å². The number of ether oxygens (including phenoxy) is 1. The summed E-state index contributed by atoms with van der Waals surface area (Å²) in [6.45, 7) is 0. The first-order chi connectivity index (χ1) is 13.5. The van der Waals surface area contributed by atoms with Crippen LogP contribution in [0.1, 0.15) is 27.4 Å². The van der Waals surface area contributed by atoms with Crippen molar-refractivity contribution in [2.75, 3.05) is 24.8 Å². The minimum Gasteiger partial charge on any atom is -0.465 e. The maximum Gasteiger partial charge on any atom is 0.340 e. The first-order valence-corrected chi connectivity index (χ1v) is 8.89. The van der Waals surface area contributed by atoms with Crippen LogP contribution in [0.15, 0.2) is 78.9 Å². The van der Waals surface area contributed by atoms with Crippen LogP contribution in [-0.4, -0.2) is 26.0 Å². The standard InChI is InChI=1S/C23H22N2O3/c1-25(21-18(23(27)28-2)14-9-15-19(21)24)22(26)20(16-10-5-3-6-11-16)17-12-7-4-8-13-17/h3-15,20H,24H2,1-2H3. The Balaban J connectivity index is 2.09. The molecule has 3 aromatic carbocycles. The molecule has 0 fully saturated rings. The van der Waals surface area contributed by atoms with Crippen molar-refractivity contribution in [3.05, 3.63) is 95.6 Å². The number of amides is 1. The molecule has 0 aliphatic heterocycles. The van der Waals surface area contributed by atoms with Crippen molar-refractivity contribution in [1.82, 2.24) is 0 Å². The number of hydrogen-bond acceptors (Lipinski definition) is 4. The van der Waals surface area contributed by atoms with Crippen LogP contribution >= 0.6 is 0 Å². The summed E-state index contributed by atoms with van der Waals surface area (Å²) in [5, 5.41) is 0. The lowest BCUT2D eigenvalue weighted by molar-refractivity contribution is -0.118. The number of carbonyl (C=O) groups is 2. The predicted molar refractivity (Wildman–Crippen MR) is 110 cm³/mol. The van der Waals surface area contributed by atoms with Crippen LogP contribution < -0.4 is 10.6 Å². The van der Waals surface area contributed by atoms with Crippen LogP contribution in [0.5, 0.6) is 0 Å². The van der Waals surface area contributed by atoms with Gasteiger partial charge < -0.3 is 15.4 Å². The minimum absolute atomic E-state index is 0.194. The Bertz CT molecular complexity index is 932. The summed E-state index contributed by atoms with van der Waals surface area (Å²) in [6, 6.07) is 24.0. The number of carbonyl (C=O) groups excluding carboxylic acids is 2. The minimum atomic E-state index is -0.544. The van der Waals surface area contributed by atoms with E-state index in [4.69, 9.17) is 10.5 Å². The number of para-hydroxylation sites is 1. The molecule has 0 radical (unpaired) electrons. The number of rotatable bonds is 5. The van der Waals surface area contributed by atoms with Crippen LogP contribution in [-0.2, 0) is 9.53 Å². The van der Waals surface area contributed by atoms with Crippen molar-refractivity contribution in [1.29, 1.82) is 0 Å². The number of methoxy groups -OCH3 is 1. The zero-order valence-corrected chi connectivity index (χ0v) is 15.8. The molecule has 0 spiro atoms. The first-order valence-electron chi connectivity index (χ1n) is 8.89. The van der Waals surface area contributed by atoms with E-state index in [1.54, 1.807) is 25.2 Å². The SMILES string of the molecule is COC(=O)c1cccc(N)c1N(C)C(=O)C(c1ccccc1)c1ccccc1. The highest BCUT2D eigenvalue weighted by atomic mass is 16.5. The second-order valence-corrected chi connectivity index (χ2v) is 6.39. The molecule has 0 bridgehead atoms. The zero-order valence-electron chi connectivity index (χ0n) is 15.8. The van der Waals surface area contributed by atoms with Crippen molar-refractivity contribution in [3.63, 3.8) is 0 Å². The van der Waals surface area contributed by atoms with E-state index in [9.17, 15) is 9.59 Å². The molecular formula is C23H22N2O3. The summed E-state index contributed by atoms with van der Waals surface area (Å²) in [6.07, 6.45) is 0. The Morgan fingerprint density at radius 1 is 0.857 bits per heavy atom. The molecule has 0 atom stereocenters. The van der Waals surface area contributed by atoms with Crippen molar-refractivity contribution in [2.45, 2.75) is 5.92 Å². The molecule has 5 heteroatoms. The van der Waals surface area contributed by atoms with Crippen LogP contribution in [0.3, 0.4) is 0 Å². The highest BCUT2D eigenvalue weighted by Gasteiger charge is 2.29. The fourth-order valence-corrected chi connectivity index (χ4v) is 3.28. The molecule has 2 N–H and O–H groups in total. The predicted octanol–water partition coefficient (Wildman–Crippen LogP) is 3.85. The third-order valence-corrected chi connectivity index (χ3v) is 4.65. The van der Waals surface area contributed by atoms with Gasteiger partial charge in [-0.1, -0.05) is 66.7 Å². The van der Waals surface area contributed by atoms with E-state index in [1.165, 1.54) is 12.0 Å². The number of nitrogens with two attached hydrogens (primary N) is 1. The zero-order chi connectivity index (χ0) is 20.1. The van der Waals surface area contributed by atoms with Gasteiger partial charge in [-0.15, -0.1) is 0 Å². The van der Waals surface area contributed by atoms with E-state index in [2.05, 4.69) is 0 Å². The topological polar surface area (TPSA) is 72.6 Å². The average Bonchev–Trinajstić information content (AvgIpc) is 2.74. The van der Waals surface area contributed by atoms with E-state index in [-0.39, 0.29) is 11.5 Å². The van der Waals surface area contributed by atoms with E-state index < -0.39 is 11.9 Å². The summed E-state index contributed by atoms with van der Waals surface area (Å²) in [7, 11) is 2.92. The largest absolute Gasteiger partial charge is 0.465 e. The van der Waals surface area contributed by atoms with Crippen molar-refractivity contribution < 1.29 is 14.3 Å². The Morgan fingerprint density at radius 2 is 1.39 bits per heavy atom. The molecule has 0 saturated carbocycles. The molecule has 0 saturated heterocycles. The molecule has 0 unspecified atom stereocenters. The maximum atomic E-state index is 13.6. The molecule has 28 heavy (non-hydrogen) atoms. The van der Waals surface area contributed by atoms with E-state index in [1.807, 2.05) is 60.7 Å². The van der Waals surface area contributed by atoms with Crippen molar-refractivity contribution in [2.24, 2.45) is 0 Å². The van der Waals surface area contributed by atoms with Crippen LogP contribution in [0.4, 0.5) is 11.4 Å². The Morgan fingerprint density at radius 3 is 1.89 bits per heavy atom. The second kappa shape index (κ2) is 8.39. The summed E-state index contributed by atoms with van der Waals surface area (Å²) in [5.41, 5.74) is 8.77. The smallest absolute Gasteiger partial charge is 0.340 e. The van der Waals surface area contributed by atoms with Crippen LogP contribution in [0.25, 0.3) is 0 Å². The van der Waals surface area contributed by atoms with Gasteiger partial charge in [-0.3, -0.25) is 4.79 Å². The summed E-state index contributed by atoms with van der Waals surface area (Å²) >= 11 is 0. The molecular weight excluding hydrogens is 352 g/mol. The van der Waals surface area contributed by atoms with Gasteiger partial charge in [0.1, 0.15) is 0 Å². The second-order valence-electron chi connectivity index (χ2n) is 6.39. The number of esters is 1. The first kappa shape index (κ1) is 19.2. The third-order valence-electron chi connectivity index (χ3n) is 4.65. The molecule has 0 aliphatic carbocycles. The fourth-order valence-electron chi connectivity index (χ4n) is 3.28. The number of likely N-dealkylation sites (N-methyl/N-ethyl adjacent to an activating group) is 1. The molecule has 5 nitrogen and oxygen atoms in total. The lowest BCUT2D eigenvalue weighted by Crippen LogP contribution is -2.34. The molecule has 3 aromatic rings. The van der Waals surface area contributed by atoms with Gasteiger partial charge in [0.25, 0.3) is 0 Å². The molecule has 0 aromatic heterocycles. The molecule has 1 amide bonds. The van der Waals surface area contributed by atoms with Gasteiger partial charge in [-0.2, -0.15) is 0 Å². The highest BCUT2D eigenvalue weighted by molar-refractivity contribution is 6.08. The van der Waals surface area contributed by atoms with Gasteiger partial charge in [0.2, 0.25) is 5.91 Å². The Kier molecular flexibility index (Phi) is 5.75. The maximum absolute atomic E-state index is 13.6. The van der Waals surface area contributed by atoms with Gasteiger partial charge in [-0.25, -0.2) is 4.79 Å². The molecule has 0 heterocycles. The van der Waals surface area contributed by atoms with Crippen LogP contribution in [0.2, 0.25) is 0 Å². The normalized spacial score (nSPS) is 10.5. The van der Waals surface area contributed by atoms with E-state index in [0.717, 1.165) is 11.1 Å². The number of hydrogen-bond donors (Lipinski definition) is 1. The van der Waals surface area contributed by atoms with E-state index in [0.29, 0.717) is 11.4 Å². The third kappa shape index (κ3) is 3.74. The lowest BCUT2D eigenvalue weighted by Gasteiger charge is -2.27. The van der Waals surface area contributed by atoms with Gasteiger partial charge in [-0.05, 0) is 23.3 Å². The van der Waals surface area contributed by atoms with Crippen molar-refractivity contribution in [3.8, 4) is 0 Å². The quantitative estimate of drug-likeness (QED) is 0.544. The highest BCUT2D eigenvalue weighted by Crippen LogP contribution is 2.33. The number of benzene rings is 3. The Hall–Kier alpha value is -3.60. The lowest BCUT2D eigenvalue weighted by atomic mass is 9.89. The Labute approximate surface area is 164 Å². The summed E-state index contributed by atoms with van der Waals surface area (Å²) < 4.78 is 4.86. The van der Waals surface area contributed by atoms with Gasteiger partial charge in [0, 0.05) is 7.05 Å². The van der Waals surface area contributed by atoms with Gasteiger partial charge in [0.15, 0.2) is 0 Å². The summed E-state index contributed by atoms with van der Waals surface area (Å²) in [4.78, 5) is 27.2. The number of nitrogen functional groups attached to an aromatic ring is 1. The summed E-state index contributed by atoms with van der Waals surface area (Å²) in [5.74, 6) is -1.27. The van der Waals surface area contributed by atoms with Gasteiger partial charge in [0.05, 0.1) is 30.0 Å². The van der Waals surface area contributed by atoms with E-state index >= 15 is 0 Å². The van der Waals surface area contributed by atoms with Gasteiger partial charge >= 0.3 is 5.97 Å². The number of nitrogens with zero attached hydrogens (tertiary/aromatic N) is 1. The molecule has 142 valence electrons. The molecule has 0 aliphatic rings. The fraction of sp³-hybridized carbons (Fsp3) is 0.130. The average molecular weight is 374 g/mol. The molecule has 3 rings (SSSR count).